The highest BCUT2D eigenvalue weighted by Crippen LogP contribution is 2.44. The maximum absolute atomic E-state index is 14.2. The lowest BCUT2D eigenvalue weighted by atomic mass is 9.70. The summed E-state index contributed by atoms with van der Waals surface area (Å²) in [6.07, 6.45) is 5.63. The summed E-state index contributed by atoms with van der Waals surface area (Å²) in [5.41, 5.74) is 0.591. The molecule has 2 rings (SSSR count). The second-order valence-corrected chi connectivity index (χ2v) is 7.98. The Morgan fingerprint density at radius 1 is 1.22 bits per heavy atom. The van der Waals surface area contributed by atoms with Gasteiger partial charge in [0.1, 0.15) is 11.6 Å². The van der Waals surface area contributed by atoms with E-state index in [0.717, 1.165) is 38.5 Å². The van der Waals surface area contributed by atoms with Crippen LogP contribution in [0.3, 0.4) is 0 Å². The fraction of sp³-hybridized carbons (Fsp3) is 0.929. The number of thioether (sulfide) groups is 1. The van der Waals surface area contributed by atoms with Crippen molar-refractivity contribution in [3.63, 3.8) is 0 Å². The quantitative estimate of drug-likeness (QED) is 0.555. The number of nitriles is 1. The third-order valence-corrected chi connectivity index (χ3v) is 6.72. The monoisotopic (exact) mass is 287 g/mol. The Balaban J connectivity index is 1.87. The predicted molar refractivity (Wildman–Crippen MR) is 79.2 cm³/mol. The molecule has 0 spiro atoms. The third-order valence-electron chi connectivity index (χ3n) is 4.88. The molecular formula is C14H23FNPS. The minimum absolute atomic E-state index is 0.275. The Hall–Kier alpha value is 0.200. The summed E-state index contributed by atoms with van der Waals surface area (Å²) >= 11 is 1.41. The van der Waals surface area contributed by atoms with E-state index >= 15 is 0 Å². The van der Waals surface area contributed by atoms with Gasteiger partial charge in [-0.3, -0.25) is 0 Å². The molecule has 2 aliphatic rings. The third kappa shape index (κ3) is 3.40. The molecule has 18 heavy (non-hydrogen) atoms. The molecule has 0 heterocycles. The van der Waals surface area contributed by atoms with Gasteiger partial charge in [0.05, 0.1) is 0 Å². The average Bonchev–Trinajstić information content (AvgIpc) is 2.35. The molecule has 0 aromatic heterocycles. The maximum Gasteiger partial charge on any atom is 0.133 e. The Bertz CT molecular complexity index is 311. The van der Waals surface area contributed by atoms with Crippen molar-refractivity contribution in [1.29, 1.82) is 5.26 Å². The van der Waals surface area contributed by atoms with Crippen molar-refractivity contribution in [2.75, 3.05) is 0 Å². The minimum Gasteiger partial charge on any atom is -0.247 e. The molecule has 102 valence electrons. The second kappa shape index (κ2) is 6.58. The molecule has 0 aliphatic heterocycles. The zero-order chi connectivity index (χ0) is 13.1. The summed E-state index contributed by atoms with van der Waals surface area (Å²) in [5.74, 6) is 1.34. The van der Waals surface area contributed by atoms with Crippen LogP contribution in [-0.4, -0.2) is 17.1 Å². The topological polar surface area (TPSA) is 23.8 Å². The number of hydrogen-bond donors (Lipinski definition) is 0. The molecule has 2 fully saturated rings. The molecule has 0 radical (unpaired) electrons. The van der Waals surface area contributed by atoms with Crippen LogP contribution >= 0.6 is 21.0 Å². The van der Waals surface area contributed by atoms with E-state index in [1.54, 1.807) is 0 Å². The number of nitrogens with zero attached hydrogens (tertiary/aromatic N) is 1. The van der Waals surface area contributed by atoms with Crippen molar-refractivity contribution >= 4 is 21.0 Å². The summed E-state index contributed by atoms with van der Waals surface area (Å²) in [5, 5.41) is 11.4. The van der Waals surface area contributed by atoms with Gasteiger partial charge in [-0.05, 0) is 73.7 Å². The van der Waals surface area contributed by atoms with Crippen LogP contribution < -0.4 is 0 Å². The van der Waals surface area contributed by atoms with Gasteiger partial charge >= 0.3 is 0 Å². The molecule has 2 saturated carbocycles. The molecule has 2 aliphatic carbocycles. The number of thiocyanates is 1. The Morgan fingerprint density at radius 2 is 1.89 bits per heavy atom. The van der Waals surface area contributed by atoms with E-state index in [0.29, 0.717) is 22.7 Å². The van der Waals surface area contributed by atoms with Crippen LogP contribution in [0, 0.1) is 28.4 Å². The van der Waals surface area contributed by atoms with Gasteiger partial charge in [0.2, 0.25) is 0 Å². The molecule has 0 aromatic carbocycles. The van der Waals surface area contributed by atoms with Crippen molar-refractivity contribution in [3.05, 3.63) is 0 Å². The van der Waals surface area contributed by atoms with E-state index in [1.165, 1.54) is 11.8 Å². The lowest BCUT2D eigenvalue weighted by Gasteiger charge is -2.41. The highest BCUT2D eigenvalue weighted by atomic mass is 32.2. The van der Waals surface area contributed by atoms with E-state index in [1.807, 2.05) is 0 Å². The van der Waals surface area contributed by atoms with Crippen molar-refractivity contribution in [1.82, 2.24) is 0 Å². The van der Waals surface area contributed by atoms with Gasteiger partial charge in [-0.2, -0.15) is 5.26 Å². The average molecular weight is 287 g/mol. The summed E-state index contributed by atoms with van der Waals surface area (Å²) in [6.45, 7) is 2.17. The van der Waals surface area contributed by atoms with Crippen LogP contribution in [0.2, 0.25) is 0 Å². The standard InChI is InChI=1S/C14H23FNPS/c1-9-6-13(15)12(7-14(9)17)10-2-4-11(5-3-10)18-8-16/h9-14H,2-7,17H2,1H3. The lowest BCUT2D eigenvalue weighted by Crippen LogP contribution is -2.38. The van der Waals surface area contributed by atoms with E-state index < -0.39 is 6.17 Å². The molecule has 0 saturated heterocycles. The molecular weight excluding hydrogens is 264 g/mol. The van der Waals surface area contributed by atoms with Crippen LogP contribution in [0.5, 0.6) is 0 Å². The van der Waals surface area contributed by atoms with Crippen LogP contribution in [0.15, 0.2) is 0 Å². The van der Waals surface area contributed by atoms with Gasteiger partial charge in [-0.15, -0.1) is 9.24 Å². The van der Waals surface area contributed by atoms with Gasteiger partial charge in [0, 0.05) is 5.25 Å². The van der Waals surface area contributed by atoms with Crippen LogP contribution in [0.4, 0.5) is 4.39 Å². The lowest BCUT2D eigenvalue weighted by molar-refractivity contribution is 0.0753. The molecule has 0 bridgehead atoms. The Labute approximate surface area is 116 Å². The molecule has 4 heteroatoms. The van der Waals surface area contributed by atoms with Crippen molar-refractivity contribution in [2.45, 2.75) is 62.5 Å². The summed E-state index contributed by atoms with van der Waals surface area (Å²) in [6, 6.07) is 0. The SMILES string of the molecule is CC1CC(F)C(C2CCC(SC#N)CC2)CC1P. The normalized spacial score (nSPS) is 45.4. The number of alkyl halides is 1. The first kappa shape index (κ1) is 14.6. The predicted octanol–water partition coefficient (Wildman–Crippen LogP) is 4.39. The van der Waals surface area contributed by atoms with E-state index in [4.69, 9.17) is 5.26 Å². The summed E-state index contributed by atoms with van der Waals surface area (Å²) < 4.78 is 14.2. The molecule has 0 aromatic rings. The fourth-order valence-electron chi connectivity index (χ4n) is 3.60. The zero-order valence-electron chi connectivity index (χ0n) is 11.0. The number of hydrogen-bond acceptors (Lipinski definition) is 2. The number of halogens is 1. The van der Waals surface area contributed by atoms with Crippen LogP contribution in [0.1, 0.15) is 45.4 Å². The number of rotatable bonds is 2. The zero-order valence-corrected chi connectivity index (χ0v) is 13.0. The van der Waals surface area contributed by atoms with Crippen molar-refractivity contribution in [3.8, 4) is 5.40 Å². The largest absolute Gasteiger partial charge is 0.247 e. The molecule has 0 amide bonds. The highest BCUT2D eigenvalue weighted by Gasteiger charge is 2.39. The van der Waals surface area contributed by atoms with Crippen molar-refractivity contribution in [2.24, 2.45) is 17.8 Å². The highest BCUT2D eigenvalue weighted by molar-refractivity contribution is 8.04. The molecule has 5 atom stereocenters. The molecule has 5 unspecified atom stereocenters. The Kier molecular flexibility index (Phi) is 5.34. The first-order valence-corrected chi connectivity index (χ1v) is 8.60. The second-order valence-electron chi connectivity index (χ2n) is 6.04. The minimum atomic E-state index is -0.595. The smallest absolute Gasteiger partial charge is 0.133 e. The van der Waals surface area contributed by atoms with Gasteiger partial charge in [0.15, 0.2) is 0 Å². The first-order valence-electron chi connectivity index (χ1n) is 7.06. The van der Waals surface area contributed by atoms with E-state index in [9.17, 15) is 4.39 Å². The van der Waals surface area contributed by atoms with Crippen LogP contribution in [-0.2, 0) is 0 Å². The summed E-state index contributed by atoms with van der Waals surface area (Å²) in [4.78, 5) is 0. The van der Waals surface area contributed by atoms with Gasteiger partial charge < -0.3 is 0 Å². The van der Waals surface area contributed by atoms with Gasteiger partial charge in [0.25, 0.3) is 0 Å². The molecule has 0 N–H and O–H groups in total. The van der Waals surface area contributed by atoms with Gasteiger partial charge in [-0.25, -0.2) is 4.39 Å². The first-order chi connectivity index (χ1) is 8.61. The fourth-order valence-corrected chi connectivity index (χ4v) is 4.72. The van der Waals surface area contributed by atoms with Crippen LogP contribution in [0.25, 0.3) is 0 Å². The maximum atomic E-state index is 14.2. The van der Waals surface area contributed by atoms with Gasteiger partial charge in [-0.1, -0.05) is 6.92 Å². The van der Waals surface area contributed by atoms with E-state index in [-0.39, 0.29) is 5.92 Å². The van der Waals surface area contributed by atoms with E-state index in [2.05, 4.69) is 21.6 Å². The summed E-state index contributed by atoms with van der Waals surface area (Å²) in [7, 11) is 2.92. The molecule has 1 nitrogen and oxygen atoms in total. The Morgan fingerprint density at radius 3 is 2.50 bits per heavy atom. The van der Waals surface area contributed by atoms with Crippen molar-refractivity contribution < 1.29 is 4.39 Å².